The van der Waals surface area contributed by atoms with Crippen LogP contribution in [0.25, 0.3) is 22.3 Å². The van der Waals surface area contributed by atoms with Gasteiger partial charge in [-0.1, -0.05) is 23.7 Å². The first-order valence-electron chi connectivity index (χ1n) is 6.30. The van der Waals surface area contributed by atoms with Crippen molar-refractivity contribution in [3.05, 3.63) is 58.9 Å². The number of furan rings is 1. The van der Waals surface area contributed by atoms with Gasteiger partial charge < -0.3 is 9.73 Å². The molecule has 1 heterocycles. The van der Waals surface area contributed by atoms with Gasteiger partial charge in [-0.15, -0.1) is 0 Å². The molecule has 0 aliphatic rings. The van der Waals surface area contributed by atoms with Crippen LogP contribution in [0.1, 0.15) is 5.56 Å². The summed E-state index contributed by atoms with van der Waals surface area (Å²) in [6.07, 6.45) is 0. The molecule has 1 N–H and O–H groups in total. The molecule has 0 unspecified atom stereocenters. The van der Waals surface area contributed by atoms with Crippen molar-refractivity contribution in [3.8, 4) is 11.3 Å². The summed E-state index contributed by atoms with van der Waals surface area (Å²) in [6.45, 7) is 0.567. The standard InChI is InChI=1S/C16H13ClFNO/c1-19-9-11-7-12(18)5-6-13(11)15-8-10-3-2-4-14(17)16(10)20-15/h2-8,19H,9H2,1H3. The minimum absolute atomic E-state index is 0.256. The van der Waals surface area contributed by atoms with Crippen molar-refractivity contribution in [2.24, 2.45) is 0 Å². The summed E-state index contributed by atoms with van der Waals surface area (Å²) in [7, 11) is 1.82. The second-order valence-electron chi connectivity index (χ2n) is 4.60. The van der Waals surface area contributed by atoms with Crippen LogP contribution in [-0.2, 0) is 6.54 Å². The van der Waals surface area contributed by atoms with E-state index in [0.717, 1.165) is 16.5 Å². The molecule has 0 fully saturated rings. The number of hydrogen-bond donors (Lipinski definition) is 1. The van der Waals surface area contributed by atoms with Crippen LogP contribution in [0.15, 0.2) is 46.9 Å². The fraction of sp³-hybridized carbons (Fsp3) is 0.125. The van der Waals surface area contributed by atoms with E-state index in [2.05, 4.69) is 5.32 Å². The highest BCUT2D eigenvalue weighted by Gasteiger charge is 2.12. The lowest BCUT2D eigenvalue weighted by Crippen LogP contribution is -2.06. The van der Waals surface area contributed by atoms with E-state index in [4.69, 9.17) is 16.0 Å². The molecule has 0 aliphatic carbocycles. The molecule has 1 aromatic heterocycles. The Bertz CT molecular complexity index is 766. The molecule has 0 amide bonds. The van der Waals surface area contributed by atoms with Gasteiger partial charge in [-0.2, -0.15) is 0 Å². The van der Waals surface area contributed by atoms with Crippen LogP contribution in [0.4, 0.5) is 4.39 Å². The van der Waals surface area contributed by atoms with E-state index in [1.165, 1.54) is 12.1 Å². The third kappa shape index (κ3) is 2.30. The average Bonchev–Trinajstić information content (AvgIpc) is 2.84. The van der Waals surface area contributed by atoms with Crippen LogP contribution in [0.2, 0.25) is 5.02 Å². The lowest BCUT2D eigenvalue weighted by atomic mass is 10.0. The van der Waals surface area contributed by atoms with Crippen molar-refractivity contribution in [1.29, 1.82) is 0 Å². The minimum atomic E-state index is -0.256. The number of nitrogens with one attached hydrogen (secondary N) is 1. The largest absolute Gasteiger partial charge is 0.455 e. The van der Waals surface area contributed by atoms with Gasteiger partial charge in [0.2, 0.25) is 0 Å². The lowest BCUT2D eigenvalue weighted by molar-refractivity contribution is 0.618. The summed E-state index contributed by atoms with van der Waals surface area (Å²) in [5.41, 5.74) is 2.37. The van der Waals surface area contributed by atoms with Gasteiger partial charge in [0.05, 0.1) is 5.02 Å². The van der Waals surface area contributed by atoms with Gasteiger partial charge in [0.15, 0.2) is 5.58 Å². The van der Waals surface area contributed by atoms with Crippen molar-refractivity contribution in [3.63, 3.8) is 0 Å². The molecule has 20 heavy (non-hydrogen) atoms. The van der Waals surface area contributed by atoms with Crippen LogP contribution < -0.4 is 5.32 Å². The second-order valence-corrected chi connectivity index (χ2v) is 5.01. The number of fused-ring (bicyclic) bond motifs is 1. The Hall–Kier alpha value is -1.84. The number of rotatable bonds is 3. The third-order valence-corrected chi connectivity index (χ3v) is 3.49. The average molecular weight is 290 g/mol. The van der Waals surface area contributed by atoms with Gasteiger partial charge >= 0.3 is 0 Å². The van der Waals surface area contributed by atoms with E-state index >= 15 is 0 Å². The van der Waals surface area contributed by atoms with Crippen LogP contribution in [0.5, 0.6) is 0 Å². The first-order chi connectivity index (χ1) is 9.69. The molecule has 0 saturated carbocycles. The molecule has 3 aromatic rings. The molecule has 4 heteroatoms. The number of benzene rings is 2. The number of para-hydroxylation sites is 1. The van der Waals surface area contributed by atoms with Gasteiger partial charge in [0.25, 0.3) is 0 Å². The first kappa shape index (κ1) is 13.2. The molecule has 0 aliphatic heterocycles. The fourth-order valence-electron chi connectivity index (χ4n) is 2.30. The topological polar surface area (TPSA) is 25.2 Å². The summed E-state index contributed by atoms with van der Waals surface area (Å²) in [5.74, 6) is 0.437. The quantitative estimate of drug-likeness (QED) is 0.761. The Balaban J connectivity index is 2.17. The third-order valence-electron chi connectivity index (χ3n) is 3.20. The van der Waals surface area contributed by atoms with E-state index in [1.54, 1.807) is 12.1 Å². The maximum Gasteiger partial charge on any atom is 0.153 e. The van der Waals surface area contributed by atoms with E-state index < -0.39 is 0 Å². The molecular weight excluding hydrogens is 277 g/mol. The molecule has 2 nitrogen and oxygen atoms in total. The first-order valence-corrected chi connectivity index (χ1v) is 6.68. The minimum Gasteiger partial charge on any atom is -0.455 e. The van der Waals surface area contributed by atoms with Gasteiger partial charge in [0, 0.05) is 17.5 Å². The smallest absolute Gasteiger partial charge is 0.153 e. The van der Waals surface area contributed by atoms with E-state index in [9.17, 15) is 4.39 Å². The van der Waals surface area contributed by atoms with Crippen LogP contribution in [-0.4, -0.2) is 7.05 Å². The predicted molar refractivity (Wildman–Crippen MR) is 79.4 cm³/mol. The molecule has 2 aromatic carbocycles. The Morgan fingerprint density at radius 3 is 2.80 bits per heavy atom. The maximum atomic E-state index is 13.4. The molecule has 102 valence electrons. The van der Waals surface area contributed by atoms with Gasteiger partial charge in [-0.25, -0.2) is 4.39 Å². The van der Waals surface area contributed by atoms with E-state index in [0.29, 0.717) is 22.9 Å². The number of halogens is 2. The zero-order valence-electron chi connectivity index (χ0n) is 10.9. The molecule has 3 rings (SSSR count). The second kappa shape index (κ2) is 5.27. The summed E-state index contributed by atoms with van der Waals surface area (Å²) in [4.78, 5) is 0. The van der Waals surface area contributed by atoms with Crippen LogP contribution >= 0.6 is 11.6 Å². The Labute approximate surface area is 121 Å². The number of hydrogen-bond acceptors (Lipinski definition) is 2. The normalized spacial score (nSPS) is 11.2. The Morgan fingerprint density at radius 2 is 2.05 bits per heavy atom. The fourth-order valence-corrected chi connectivity index (χ4v) is 2.52. The van der Waals surface area contributed by atoms with E-state index in [-0.39, 0.29) is 5.82 Å². The monoisotopic (exact) mass is 289 g/mol. The highest BCUT2D eigenvalue weighted by atomic mass is 35.5. The highest BCUT2D eigenvalue weighted by molar-refractivity contribution is 6.34. The summed E-state index contributed by atoms with van der Waals surface area (Å²) >= 11 is 6.12. The molecule has 0 bridgehead atoms. The SMILES string of the molecule is CNCc1cc(F)ccc1-c1cc2cccc(Cl)c2o1. The van der Waals surface area contributed by atoms with Crippen molar-refractivity contribution in [2.75, 3.05) is 7.05 Å². The molecule has 0 saturated heterocycles. The molecule has 0 spiro atoms. The maximum absolute atomic E-state index is 13.4. The van der Waals surface area contributed by atoms with E-state index in [1.807, 2.05) is 25.2 Å². The van der Waals surface area contributed by atoms with Gasteiger partial charge in [0.1, 0.15) is 11.6 Å². The lowest BCUT2D eigenvalue weighted by Gasteiger charge is -2.06. The summed E-state index contributed by atoms with van der Waals surface area (Å²) in [6, 6.07) is 12.2. The summed E-state index contributed by atoms with van der Waals surface area (Å²) < 4.78 is 19.2. The van der Waals surface area contributed by atoms with Crippen molar-refractivity contribution in [2.45, 2.75) is 6.54 Å². The van der Waals surface area contributed by atoms with Gasteiger partial charge in [-0.3, -0.25) is 0 Å². The van der Waals surface area contributed by atoms with Crippen molar-refractivity contribution >= 4 is 22.6 Å². The van der Waals surface area contributed by atoms with Crippen molar-refractivity contribution < 1.29 is 8.81 Å². The van der Waals surface area contributed by atoms with Crippen molar-refractivity contribution in [1.82, 2.24) is 5.32 Å². The predicted octanol–water partition coefficient (Wildman–Crippen LogP) is 4.61. The zero-order chi connectivity index (χ0) is 14.1. The van der Waals surface area contributed by atoms with Crippen LogP contribution in [0, 0.1) is 5.82 Å². The Kier molecular flexibility index (Phi) is 3.47. The zero-order valence-corrected chi connectivity index (χ0v) is 11.7. The highest BCUT2D eigenvalue weighted by Crippen LogP contribution is 2.33. The van der Waals surface area contributed by atoms with Crippen LogP contribution in [0.3, 0.4) is 0 Å². The molecule has 0 radical (unpaired) electrons. The molecule has 0 atom stereocenters. The Morgan fingerprint density at radius 1 is 1.20 bits per heavy atom. The summed E-state index contributed by atoms with van der Waals surface area (Å²) in [5, 5.41) is 4.54. The van der Waals surface area contributed by atoms with Gasteiger partial charge in [-0.05, 0) is 42.9 Å². The molecular formula is C16H13ClFNO.